The predicted octanol–water partition coefficient (Wildman–Crippen LogP) is 8.12. The molecule has 8 heteroatoms. The zero-order chi connectivity index (χ0) is 26.4. The summed E-state index contributed by atoms with van der Waals surface area (Å²) < 4.78 is 23.4. The Hall–Kier alpha value is -3.74. The van der Waals surface area contributed by atoms with E-state index in [0.29, 0.717) is 27.2 Å². The highest BCUT2D eigenvalue weighted by Gasteiger charge is 2.29. The van der Waals surface area contributed by atoms with E-state index in [9.17, 15) is 9.18 Å². The molecule has 2 aromatic heterocycles. The number of anilines is 1. The molecule has 0 fully saturated rings. The highest BCUT2D eigenvalue weighted by Crippen LogP contribution is 2.40. The van der Waals surface area contributed by atoms with Crippen LogP contribution in [0.3, 0.4) is 0 Å². The molecule has 5 aromatic rings. The molecule has 6 rings (SSSR count). The summed E-state index contributed by atoms with van der Waals surface area (Å²) >= 11 is 12.6. The van der Waals surface area contributed by atoms with Crippen molar-refractivity contribution in [2.75, 3.05) is 12.4 Å². The van der Waals surface area contributed by atoms with E-state index >= 15 is 0 Å². The van der Waals surface area contributed by atoms with E-state index in [-0.39, 0.29) is 11.7 Å². The second-order valence-corrected chi connectivity index (χ2v) is 10.2. The van der Waals surface area contributed by atoms with Crippen LogP contribution in [-0.2, 0) is 13.0 Å². The zero-order valence-corrected chi connectivity index (χ0v) is 22.1. The summed E-state index contributed by atoms with van der Waals surface area (Å²) in [6.07, 6.45) is 4.74. The number of benzene rings is 3. The summed E-state index contributed by atoms with van der Waals surface area (Å²) in [5.74, 6) is 0.0550. The monoisotopic (exact) mass is 547 g/mol. The number of nitrogens with zero attached hydrogens (tertiary/aromatic N) is 2. The number of carbonyl (C=O) groups excluding carboxylic acids is 1. The van der Waals surface area contributed by atoms with E-state index in [1.54, 1.807) is 31.4 Å². The first-order valence-electron chi connectivity index (χ1n) is 12.4. The van der Waals surface area contributed by atoms with Gasteiger partial charge >= 0.3 is 0 Å². The molecule has 0 bridgehead atoms. The quantitative estimate of drug-likeness (QED) is 0.241. The van der Waals surface area contributed by atoms with Crippen LogP contribution in [0.15, 0.2) is 72.9 Å². The summed E-state index contributed by atoms with van der Waals surface area (Å²) in [4.78, 5) is 14.0. The Kier molecular flexibility index (Phi) is 6.38. The first kappa shape index (κ1) is 24.6. The van der Waals surface area contributed by atoms with Gasteiger partial charge in [-0.3, -0.25) is 9.20 Å². The van der Waals surface area contributed by atoms with Crippen LogP contribution in [-0.4, -0.2) is 22.0 Å². The van der Waals surface area contributed by atoms with Crippen molar-refractivity contribution >= 4 is 40.4 Å². The van der Waals surface area contributed by atoms with Crippen LogP contribution in [0.5, 0.6) is 5.75 Å². The van der Waals surface area contributed by atoms with Gasteiger partial charge in [-0.1, -0.05) is 47.5 Å². The maximum Gasteiger partial charge on any atom is 0.273 e. The van der Waals surface area contributed by atoms with Crippen molar-refractivity contribution in [3.05, 3.63) is 100 Å². The summed E-state index contributed by atoms with van der Waals surface area (Å²) in [5, 5.41) is 4.00. The number of methoxy groups -OCH3 is 1. The molecule has 0 saturated carbocycles. The maximum absolute atomic E-state index is 14.0. The first-order valence-corrected chi connectivity index (χ1v) is 13.1. The largest absolute Gasteiger partial charge is 0.497 e. The lowest BCUT2D eigenvalue weighted by molar-refractivity contribution is 0.102. The molecule has 0 spiro atoms. The molecular formula is C30H24Cl2FN3O2. The molecule has 3 heterocycles. The summed E-state index contributed by atoms with van der Waals surface area (Å²) in [6, 6.07) is 19.1. The Morgan fingerprint density at radius 2 is 1.76 bits per heavy atom. The minimum absolute atomic E-state index is 0.266. The number of halogens is 3. The van der Waals surface area contributed by atoms with Gasteiger partial charge in [-0.15, -0.1) is 0 Å². The van der Waals surface area contributed by atoms with Crippen LogP contribution in [0.4, 0.5) is 10.1 Å². The number of rotatable bonds is 5. The van der Waals surface area contributed by atoms with Crippen LogP contribution in [0.25, 0.3) is 28.0 Å². The fourth-order valence-electron chi connectivity index (χ4n) is 5.31. The molecule has 1 N–H and O–H groups in total. The van der Waals surface area contributed by atoms with Gasteiger partial charge < -0.3 is 14.6 Å². The van der Waals surface area contributed by atoms with E-state index in [0.717, 1.165) is 59.4 Å². The van der Waals surface area contributed by atoms with Crippen LogP contribution in [0, 0.1) is 5.82 Å². The average Bonchev–Trinajstić information content (AvgIpc) is 3.33. The van der Waals surface area contributed by atoms with E-state index in [1.165, 1.54) is 12.1 Å². The number of nitrogens with one attached hydrogen (secondary N) is 1. The topological polar surface area (TPSA) is 47.7 Å². The first-order chi connectivity index (χ1) is 18.4. The van der Waals surface area contributed by atoms with Gasteiger partial charge in [-0.05, 0) is 61.2 Å². The Morgan fingerprint density at radius 1 is 0.974 bits per heavy atom. The van der Waals surface area contributed by atoms with Gasteiger partial charge in [-0.25, -0.2) is 4.39 Å². The number of amides is 1. The van der Waals surface area contributed by atoms with E-state index in [2.05, 4.69) is 9.88 Å². The number of aryl methyl sites for hydroxylation is 2. The standard InChI is InChI=1S/C30H24Cl2FN3O2/c1-38-22-6-4-5-21(16-22)34-29(37)28-27(18-8-11-20(33)12-9-18)23-7-2-3-14-35-26(17-36(28)30(23)35)19-10-13-24(31)25(32)15-19/h4-6,8-13,15-17H,2-3,7,14H2,1H3,(H,34,37). The van der Waals surface area contributed by atoms with Gasteiger partial charge in [0.15, 0.2) is 0 Å². The van der Waals surface area contributed by atoms with Crippen molar-refractivity contribution in [3.8, 4) is 28.1 Å². The molecular weight excluding hydrogens is 524 g/mol. The molecule has 1 aliphatic rings. The lowest BCUT2D eigenvalue weighted by Crippen LogP contribution is -2.15. The third-order valence-corrected chi connectivity index (χ3v) is 7.76. The molecule has 192 valence electrons. The lowest BCUT2D eigenvalue weighted by Gasteiger charge is -2.11. The molecule has 0 saturated heterocycles. The van der Waals surface area contributed by atoms with Crippen LogP contribution in [0.1, 0.15) is 28.9 Å². The summed E-state index contributed by atoms with van der Waals surface area (Å²) in [5.41, 5.74) is 6.61. The maximum atomic E-state index is 14.0. The van der Waals surface area contributed by atoms with E-state index < -0.39 is 0 Å². The molecule has 0 radical (unpaired) electrons. The third kappa shape index (κ3) is 4.24. The van der Waals surface area contributed by atoms with Crippen LogP contribution >= 0.6 is 23.2 Å². The van der Waals surface area contributed by atoms with E-state index in [4.69, 9.17) is 27.9 Å². The molecule has 38 heavy (non-hydrogen) atoms. The summed E-state index contributed by atoms with van der Waals surface area (Å²) in [6.45, 7) is 0.795. The molecule has 0 aliphatic carbocycles. The second kappa shape index (κ2) is 9.86. The molecule has 1 amide bonds. The molecule has 3 aromatic carbocycles. The minimum Gasteiger partial charge on any atom is -0.497 e. The Balaban J connectivity index is 1.59. The number of aromatic nitrogens is 2. The predicted molar refractivity (Wildman–Crippen MR) is 150 cm³/mol. The lowest BCUT2D eigenvalue weighted by atomic mass is 9.97. The number of imidazole rings is 1. The molecule has 5 nitrogen and oxygen atoms in total. The minimum atomic E-state index is -0.322. The van der Waals surface area contributed by atoms with Gasteiger partial charge in [0.05, 0.1) is 22.8 Å². The second-order valence-electron chi connectivity index (χ2n) is 9.34. The molecule has 1 aliphatic heterocycles. The van der Waals surface area contributed by atoms with Gasteiger partial charge in [0.2, 0.25) is 0 Å². The summed E-state index contributed by atoms with van der Waals surface area (Å²) in [7, 11) is 1.59. The molecule has 0 unspecified atom stereocenters. The van der Waals surface area contributed by atoms with Crippen molar-refractivity contribution in [2.45, 2.75) is 25.8 Å². The van der Waals surface area contributed by atoms with Crippen LogP contribution in [0.2, 0.25) is 10.0 Å². The van der Waals surface area contributed by atoms with Gasteiger partial charge in [-0.2, -0.15) is 0 Å². The van der Waals surface area contributed by atoms with Crippen molar-refractivity contribution < 1.29 is 13.9 Å². The van der Waals surface area contributed by atoms with Gasteiger partial charge in [0.1, 0.15) is 22.9 Å². The highest BCUT2D eigenvalue weighted by atomic mass is 35.5. The normalized spacial score (nSPS) is 12.9. The fourth-order valence-corrected chi connectivity index (χ4v) is 5.61. The number of carbonyl (C=O) groups is 1. The number of hydrogen-bond acceptors (Lipinski definition) is 2. The van der Waals surface area contributed by atoms with E-state index in [1.807, 2.05) is 40.9 Å². The van der Waals surface area contributed by atoms with Crippen molar-refractivity contribution in [3.63, 3.8) is 0 Å². The average molecular weight is 548 g/mol. The highest BCUT2D eigenvalue weighted by molar-refractivity contribution is 6.42. The van der Waals surface area contributed by atoms with Crippen LogP contribution < -0.4 is 10.1 Å². The SMILES string of the molecule is COc1cccc(NC(=O)c2c(-c3ccc(F)cc3)c3c4n(c(-c5ccc(Cl)c(Cl)c5)cn24)CCCC3)c1. The zero-order valence-electron chi connectivity index (χ0n) is 20.6. The Labute approximate surface area is 229 Å². The smallest absolute Gasteiger partial charge is 0.273 e. The number of hydrogen-bond donors (Lipinski definition) is 1. The van der Waals surface area contributed by atoms with Gasteiger partial charge in [0.25, 0.3) is 5.91 Å². The Bertz CT molecular complexity index is 1690. The number of ether oxygens (including phenoxy) is 1. The fraction of sp³-hybridized carbons (Fsp3) is 0.167. The van der Waals surface area contributed by atoms with Gasteiger partial charge in [0, 0.05) is 41.2 Å². The van der Waals surface area contributed by atoms with Crippen molar-refractivity contribution in [1.29, 1.82) is 0 Å². The van der Waals surface area contributed by atoms with Crippen molar-refractivity contribution in [1.82, 2.24) is 8.97 Å². The molecule has 0 atom stereocenters. The third-order valence-electron chi connectivity index (χ3n) is 7.02. The Morgan fingerprint density at radius 3 is 2.53 bits per heavy atom. The van der Waals surface area contributed by atoms with Crippen molar-refractivity contribution in [2.24, 2.45) is 0 Å².